The summed E-state index contributed by atoms with van der Waals surface area (Å²) in [5.41, 5.74) is 0.824. The summed E-state index contributed by atoms with van der Waals surface area (Å²) < 4.78 is 5.59. The zero-order chi connectivity index (χ0) is 16.1. The van der Waals surface area contributed by atoms with E-state index in [9.17, 15) is 4.79 Å². The molecule has 1 saturated carbocycles. The van der Waals surface area contributed by atoms with Gasteiger partial charge in [0.15, 0.2) is 0 Å². The van der Waals surface area contributed by atoms with Crippen molar-refractivity contribution < 1.29 is 9.21 Å². The van der Waals surface area contributed by atoms with Crippen molar-refractivity contribution in [3.63, 3.8) is 0 Å². The lowest BCUT2D eigenvalue weighted by Gasteiger charge is -2.31. The molecule has 0 N–H and O–H groups in total. The van der Waals surface area contributed by atoms with Crippen molar-refractivity contribution in [1.29, 1.82) is 0 Å². The molecule has 1 amide bonds. The summed E-state index contributed by atoms with van der Waals surface area (Å²) in [6.45, 7) is 0. The normalized spacial score (nSPS) is 15.5. The highest BCUT2D eigenvalue weighted by atomic mass is 32.2. The quantitative estimate of drug-likeness (QED) is 0.784. The zero-order valence-electron chi connectivity index (χ0n) is 13.1. The standard InChI is InChI=1S/C16H20N4O2S/c1-20(13-5-3-2-4-6-13)14(21)11-23-16-19-18-15(22-16)12-7-9-17-10-8-12/h7-10,13H,2-6,11H2,1H3. The van der Waals surface area contributed by atoms with E-state index in [4.69, 9.17) is 4.42 Å². The maximum absolute atomic E-state index is 12.3. The van der Waals surface area contributed by atoms with Crippen molar-refractivity contribution in [3.8, 4) is 11.5 Å². The highest BCUT2D eigenvalue weighted by molar-refractivity contribution is 7.99. The lowest BCUT2D eigenvalue weighted by atomic mass is 9.94. The third-order valence-corrected chi connectivity index (χ3v) is 4.97. The molecule has 7 heteroatoms. The number of carbonyl (C=O) groups is 1. The number of carbonyl (C=O) groups excluding carboxylic acids is 1. The van der Waals surface area contributed by atoms with Gasteiger partial charge in [0.05, 0.1) is 5.75 Å². The van der Waals surface area contributed by atoms with Crippen LogP contribution in [0, 0.1) is 0 Å². The first-order chi connectivity index (χ1) is 11.2. The van der Waals surface area contributed by atoms with Crippen LogP contribution >= 0.6 is 11.8 Å². The van der Waals surface area contributed by atoms with E-state index in [1.54, 1.807) is 12.4 Å². The lowest BCUT2D eigenvalue weighted by molar-refractivity contribution is -0.129. The Labute approximate surface area is 139 Å². The van der Waals surface area contributed by atoms with E-state index in [-0.39, 0.29) is 5.91 Å². The van der Waals surface area contributed by atoms with Crippen LogP contribution in [0.4, 0.5) is 0 Å². The van der Waals surface area contributed by atoms with Crippen LogP contribution < -0.4 is 0 Å². The van der Waals surface area contributed by atoms with E-state index in [2.05, 4.69) is 15.2 Å². The molecule has 1 fully saturated rings. The summed E-state index contributed by atoms with van der Waals surface area (Å²) in [5, 5.41) is 8.42. The Kier molecular flexibility index (Phi) is 5.27. The molecule has 0 saturated heterocycles. The van der Waals surface area contributed by atoms with Gasteiger partial charge in [-0.25, -0.2) is 0 Å². The van der Waals surface area contributed by atoms with E-state index < -0.39 is 0 Å². The number of thioether (sulfide) groups is 1. The summed E-state index contributed by atoms with van der Waals surface area (Å²) in [7, 11) is 1.90. The van der Waals surface area contributed by atoms with E-state index in [1.807, 2.05) is 24.1 Å². The second kappa shape index (κ2) is 7.59. The fourth-order valence-corrected chi connectivity index (χ4v) is 3.46. The zero-order valence-corrected chi connectivity index (χ0v) is 14.0. The van der Waals surface area contributed by atoms with Gasteiger partial charge in [-0.1, -0.05) is 31.0 Å². The fraction of sp³-hybridized carbons (Fsp3) is 0.500. The molecule has 0 bridgehead atoms. The average Bonchev–Trinajstić information content (AvgIpc) is 3.09. The van der Waals surface area contributed by atoms with Gasteiger partial charge in [0.1, 0.15) is 0 Å². The molecule has 1 aliphatic rings. The Bertz CT molecular complexity index is 641. The van der Waals surface area contributed by atoms with Crippen molar-refractivity contribution >= 4 is 17.7 Å². The molecule has 0 aromatic carbocycles. The number of rotatable bonds is 5. The van der Waals surface area contributed by atoms with Crippen LogP contribution in [-0.2, 0) is 4.79 Å². The van der Waals surface area contributed by atoms with E-state index in [0.717, 1.165) is 18.4 Å². The molecule has 0 atom stereocenters. The number of hydrogen-bond donors (Lipinski definition) is 0. The molecule has 2 aromatic heterocycles. The Hall–Kier alpha value is -1.89. The molecule has 0 aliphatic heterocycles. The molecule has 3 rings (SSSR count). The highest BCUT2D eigenvalue weighted by Gasteiger charge is 2.22. The predicted octanol–water partition coefficient (Wildman–Crippen LogP) is 3.01. The van der Waals surface area contributed by atoms with Gasteiger partial charge in [-0.05, 0) is 25.0 Å². The second-order valence-corrected chi connectivity index (χ2v) is 6.62. The van der Waals surface area contributed by atoms with Crippen molar-refractivity contribution in [3.05, 3.63) is 24.5 Å². The van der Waals surface area contributed by atoms with Crippen LogP contribution in [0.25, 0.3) is 11.5 Å². The molecule has 122 valence electrons. The van der Waals surface area contributed by atoms with Crippen molar-refractivity contribution in [2.45, 2.75) is 43.4 Å². The number of amides is 1. The molecule has 6 nitrogen and oxygen atoms in total. The topological polar surface area (TPSA) is 72.1 Å². The Morgan fingerprint density at radius 3 is 2.74 bits per heavy atom. The maximum atomic E-state index is 12.3. The molecule has 0 unspecified atom stereocenters. The summed E-state index contributed by atoms with van der Waals surface area (Å²) in [6, 6.07) is 4.00. The number of aromatic nitrogens is 3. The molecule has 1 aliphatic carbocycles. The molecular weight excluding hydrogens is 312 g/mol. The average molecular weight is 332 g/mol. The van der Waals surface area contributed by atoms with Gasteiger partial charge in [-0.2, -0.15) is 0 Å². The van der Waals surface area contributed by atoms with Gasteiger partial charge in [0, 0.05) is 31.0 Å². The van der Waals surface area contributed by atoms with Crippen molar-refractivity contribution in [1.82, 2.24) is 20.1 Å². The first-order valence-electron chi connectivity index (χ1n) is 7.86. The largest absolute Gasteiger partial charge is 0.411 e. The molecule has 0 spiro atoms. The molecular formula is C16H20N4O2S. The highest BCUT2D eigenvalue weighted by Crippen LogP contribution is 2.25. The first-order valence-corrected chi connectivity index (χ1v) is 8.85. The SMILES string of the molecule is CN(C(=O)CSc1nnc(-c2ccncc2)o1)C1CCCCC1. The summed E-state index contributed by atoms with van der Waals surface area (Å²) in [5.74, 6) is 0.888. The summed E-state index contributed by atoms with van der Waals surface area (Å²) >= 11 is 1.29. The van der Waals surface area contributed by atoms with Crippen LogP contribution in [0.5, 0.6) is 0 Å². The van der Waals surface area contributed by atoms with Crippen LogP contribution in [0.15, 0.2) is 34.2 Å². The third kappa shape index (κ3) is 4.10. The van der Waals surface area contributed by atoms with Gasteiger partial charge >= 0.3 is 0 Å². The van der Waals surface area contributed by atoms with E-state index in [0.29, 0.717) is 22.9 Å². The van der Waals surface area contributed by atoms with E-state index >= 15 is 0 Å². The Balaban J connectivity index is 1.54. The molecule has 0 radical (unpaired) electrons. The first kappa shape index (κ1) is 16.0. The Morgan fingerprint density at radius 1 is 1.26 bits per heavy atom. The molecule has 23 heavy (non-hydrogen) atoms. The summed E-state index contributed by atoms with van der Waals surface area (Å²) in [6.07, 6.45) is 9.29. The molecule has 2 heterocycles. The monoisotopic (exact) mass is 332 g/mol. The number of hydrogen-bond acceptors (Lipinski definition) is 6. The minimum atomic E-state index is 0.116. The Morgan fingerprint density at radius 2 is 2.00 bits per heavy atom. The van der Waals surface area contributed by atoms with Gasteiger partial charge in [-0.3, -0.25) is 9.78 Å². The summed E-state index contributed by atoms with van der Waals surface area (Å²) in [4.78, 5) is 18.1. The van der Waals surface area contributed by atoms with Gasteiger partial charge in [0.25, 0.3) is 5.22 Å². The van der Waals surface area contributed by atoms with Gasteiger partial charge in [0.2, 0.25) is 11.8 Å². The lowest BCUT2D eigenvalue weighted by Crippen LogP contribution is -2.39. The van der Waals surface area contributed by atoms with Gasteiger partial charge in [-0.15, -0.1) is 10.2 Å². The number of nitrogens with zero attached hydrogens (tertiary/aromatic N) is 4. The van der Waals surface area contributed by atoms with Crippen LogP contribution in [-0.4, -0.2) is 44.8 Å². The van der Waals surface area contributed by atoms with E-state index in [1.165, 1.54) is 31.0 Å². The number of pyridine rings is 1. The van der Waals surface area contributed by atoms with Crippen molar-refractivity contribution in [2.75, 3.05) is 12.8 Å². The van der Waals surface area contributed by atoms with Gasteiger partial charge < -0.3 is 9.32 Å². The maximum Gasteiger partial charge on any atom is 0.277 e. The smallest absolute Gasteiger partial charge is 0.277 e. The van der Waals surface area contributed by atoms with Crippen molar-refractivity contribution in [2.24, 2.45) is 0 Å². The minimum Gasteiger partial charge on any atom is -0.411 e. The van der Waals surface area contributed by atoms with Crippen LogP contribution in [0.3, 0.4) is 0 Å². The fourth-order valence-electron chi connectivity index (χ4n) is 2.78. The minimum absolute atomic E-state index is 0.116. The van der Waals surface area contributed by atoms with Crippen LogP contribution in [0.1, 0.15) is 32.1 Å². The third-order valence-electron chi connectivity index (χ3n) is 4.17. The predicted molar refractivity (Wildman–Crippen MR) is 87.9 cm³/mol. The van der Waals surface area contributed by atoms with Crippen LogP contribution in [0.2, 0.25) is 0 Å². The second-order valence-electron chi connectivity index (χ2n) is 5.69. The molecule has 2 aromatic rings.